The number of hydrogen-bond acceptors (Lipinski definition) is 4. The van der Waals surface area contributed by atoms with E-state index in [0.717, 1.165) is 6.42 Å². The quantitative estimate of drug-likeness (QED) is 0.803. The van der Waals surface area contributed by atoms with Crippen LogP contribution in [0.3, 0.4) is 0 Å². The number of anilines is 1. The van der Waals surface area contributed by atoms with E-state index < -0.39 is 0 Å². The van der Waals surface area contributed by atoms with E-state index in [-0.39, 0.29) is 17.7 Å². The second-order valence-corrected chi connectivity index (χ2v) is 5.57. The Morgan fingerprint density at radius 3 is 2.55 bits per heavy atom. The number of carbonyl (C=O) groups is 2. The van der Waals surface area contributed by atoms with Crippen LogP contribution in [0.5, 0.6) is 5.75 Å². The summed E-state index contributed by atoms with van der Waals surface area (Å²) < 4.78 is 5.51. The van der Waals surface area contributed by atoms with E-state index in [1.54, 1.807) is 23.1 Å². The molecule has 120 valence electrons. The second-order valence-electron chi connectivity index (χ2n) is 5.57. The summed E-state index contributed by atoms with van der Waals surface area (Å²) in [6.07, 6.45) is 2.14. The number of carbonyl (C=O) groups excluding carboxylic acids is 2. The minimum Gasteiger partial charge on any atom is -0.491 e. The van der Waals surface area contributed by atoms with Crippen molar-refractivity contribution in [1.82, 2.24) is 4.90 Å². The molecule has 1 fully saturated rings. The lowest BCUT2D eigenvalue weighted by Gasteiger charge is -2.30. The minimum atomic E-state index is -0.284. The molecule has 0 aromatic heterocycles. The molecule has 1 aliphatic rings. The topological polar surface area (TPSA) is 98.6 Å². The molecule has 4 N–H and O–H groups in total. The van der Waals surface area contributed by atoms with Gasteiger partial charge in [-0.3, -0.25) is 9.59 Å². The van der Waals surface area contributed by atoms with Gasteiger partial charge in [0.15, 0.2) is 0 Å². The summed E-state index contributed by atoms with van der Waals surface area (Å²) in [5.41, 5.74) is 12.2. The van der Waals surface area contributed by atoms with E-state index in [1.807, 2.05) is 6.92 Å². The maximum Gasteiger partial charge on any atom is 0.253 e. The molecule has 0 spiro atoms. The zero-order valence-corrected chi connectivity index (χ0v) is 12.9. The van der Waals surface area contributed by atoms with Crippen LogP contribution in [0.25, 0.3) is 0 Å². The monoisotopic (exact) mass is 305 g/mol. The largest absolute Gasteiger partial charge is 0.491 e. The number of nitrogen functional groups attached to an aromatic ring is 1. The molecule has 1 aromatic rings. The summed E-state index contributed by atoms with van der Waals surface area (Å²) in [4.78, 5) is 25.4. The highest BCUT2D eigenvalue weighted by Gasteiger charge is 2.26. The number of ether oxygens (including phenoxy) is 1. The van der Waals surface area contributed by atoms with Gasteiger partial charge in [0, 0.05) is 24.6 Å². The highest BCUT2D eigenvalue weighted by Crippen LogP contribution is 2.25. The number of likely N-dealkylation sites (tertiary alicyclic amines) is 1. The number of rotatable bonds is 5. The van der Waals surface area contributed by atoms with Gasteiger partial charge >= 0.3 is 0 Å². The minimum absolute atomic E-state index is 0.0725. The molecular weight excluding hydrogens is 282 g/mol. The third-order valence-corrected chi connectivity index (χ3v) is 3.90. The van der Waals surface area contributed by atoms with Crippen molar-refractivity contribution in [3.05, 3.63) is 23.8 Å². The molecule has 1 aliphatic heterocycles. The Morgan fingerprint density at radius 2 is 2.00 bits per heavy atom. The molecule has 0 saturated carbocycles. The number of piperidine rings is 1. The summed E-state index contributed by atoms with van der Waals surface area (Å²) in [5.74, 6) is 0.121. The van der Waals surface area contributed by atoms with Crippen LogP contribution >= 0.6 is 0 Å². The highest BCUT2D eigenvalue weighted by atomic mass is 16.5. The number of hydrogen-bond donors (Lipinski definition) is 2. The Morgan fingerprint density at radius 1 is 1.32 bits per heavy atom. The predicted octanol–water partition coefficient (Wildman–Crippen LogP) is 1.40. The fourth-order valence-electron chi connectivity index (χ4n) is 2.57. The van der Waals surface area contributed by atoms with Crippen molar-refractivity contribution in [3.8, 4) is 5.75 Å². The fraction of sp³-hybridized carbons (Fsp3) is 0.500. The van der Waals surface area contributed by atoms with E-state index in [1.165, 1.54) is 0 Å². The van der Waals surface area contributed by atoms with Crippen molar-refractivity contribution < 1.29 is 14.3 Å². The number of nitrogens with zero attached hydrogens (tertiary/aromatic N) is 1. The smallest absolute Gasteiger partial charge is 0.253 e. The molecule has 0 unspecified atom stereocenters. The van der Waals surface area contributed by atoms with Gasteiger partial charge in [-0.25, -0.2) is 0 Å². The molecule has 2 rings (SSSR count). The number of amides is 2. The zero-order valence-electron chi connectivity index (χ0n) is 12.9. The third kappa shape index (κ3) is 3.69. The van der Waals surface area contributed by atoms with Crippen LogP contribution in [0.15, 0.2) is 18.2 Å². The summed E-state index contributed by atoms with van der Waals surface area (Å²) in [6, 6.07) is 5.10. The van der Waals surface area contributed by atoms with Crippen LogP contribution < -0.4 is 16.2 Å². The Kier molecular flexibility index (Phi) is 5.25. The molecule has 0 radical (unpaired) electrons. The number of nitrogens with two attached hydrogens (primary N) is 2. The highest BCUT2D eigenvalue weighted by molar-refractivity contribution is 5.95. The average molecular weight is 305 g/mol. The second kappa shape index (κ2) is 7.15. The van der Waals surface area contributed by atoms with E-state index in [0.29, 0.717) is 49.5 Å². The van der Waals surface area contributed by atoms with E-state index in [9.17, 15) is 9.59 Å². The van der Waals surface area contributed by atoms with Crippen LogP contribution in [0.4, 0.5) is 5.69 Å². The fourth-order valence-corrected chi connectivity index (χ4v) is 2.57. The van der Waals surface area contributed by atoms with Gasteiger partial charge in [0.25, 0.3) is 5.91 Å². The molecule has 0 aliphatic carbocycles. The maximum absolute atomic E-state index is 12.5. The van der Waals surface area contributed by atoms with Crippen LogP contribution in [-0.4, -0.2) is 36.4 Å². The lowest BCUT2D eigenvalue weighted by atomic mass is 9.96. The number of primary amides is 1. The van der Waals surface area contributed by atoms with Crippen molar-refractivity contribution in [2.24, 2.45) is 11.7 Å². The van der Waals surface area contributed by atoms with Gasteiger partial charge in [0.05, 0.1) is 12.3 Å². The zero-order chi connectivity index (χ0) is 16.1. The van der Waals surface area contributed by atoms with Crippen LogP contribution in [0.2, 0.25) is 0 Å². The molecule has 6 nitrogen and oxygen atoms in total. The summed E-state index contributed by atoms with van der Waals surface area (Å²) >= 11 is 0. The summed E-state index contributed by atoms with van der Waals surface area (Å²) in [6.45, 7) is 3.70. The molecule has 22 heavy (non-hydrogen) atoms. The first kappa shape index (κ1) is 16.1. The van der Waals surface area contributed by atoms with Gasteiger partial charge < -0.3 is 21.1 Å². The molecule has 0 bridgehead atoms. The predicted molar refractivity (Wildman–Crippen MR) is 84.5 cm³/mol. The normalized spacial score (nSPS) is 15.6. The third-order valence-electron chi connectivity index (χ3n) is 3.90. The van der Waals surface area contributed by atoms with E-state index in [2.05, 4.69) is 0 Å². The molecule has 6 heteroatoms. The van der Waals surface area contributed by atoms with Gasteiger partial charge in [0.2, 0.25) is 5.91 Å². The summed E-state index contributed by atoms with van der Waals surface area (Å²) in [5, 5.41) is 0. The molecule has 1 saturated heterocycles. The van der Waals surface area contributed by atoms with Gasteiger partial charge in [-0.1, -0.05) is 6.92 Å². The van der Waals surface area contributed by atoms with Gasteiger partial charge in [0.1, 0.15) is 5.75 Å². The number of benzene rings is 1. The van der Waals surface area contributed by atoms with Crippen molar-refractivity contribution in [2.45, 2.75) is 26.2 Å². The standard InChI is InChI=1S/C16H23N3O3/c1-2-9-22-14-4-3-12(10-13(14)17)16(21)19-7-5-11(6-8-19)15(18)20/h3-4,10-11H,2,5-9,17H2,1H3,(H2,18,20). The van der Waals surface area contributed by atoms with Crippen molar-refractivity contribution in [1.29, 1.82) is 0 Å². The van der Waals surface area contributed by atoms with Crippen molar-refractivity contribution in [3.63, 3.8) is 0 Å². The average Bonchev–Trinajstić information content (AvgIpc) is 2.53. The SMILES string of the molecule is CCCOc1ccc(C(=O)N2CCC(C(N)=O)CC2)cc1N. The Balaban J connectivity index is 2.01. The van der Waals surface area contributed by atoms with Gasteiger partial charge in [-0.15, -0.1) is 0 Å². The lowest BCUT2D eigenvalue weighted by Crippen LogP contribution is -2.41. The first-order valence-electron chi connectivity index (χ1n) is 7.63. The van der Waals surface area contributed by atoms with Gasteiger partial charge in [-0.2, -0.15) is 0 Å². The Labute approximate surface area is 130 Å². The van der Waals surface area contributed by atoms with E-state index >= 15 is 0 Å². The van der Waals surface area contributed by atoms with E-state index in [4.69, 9.17) is 16.2 Å². The van der Waals surface area contributed by atoms with Crippen LogP contribution in [0.1, 0.15) is 36.5 Å². The Bertz CT molecular complexity index is 552. The van der Waals surface area contributed by atoms with Crippen molar-refractivity contribution >= 4 is 17.5 Å². The van der Waals surface area contributed by atoms with Crippen molar-refractivity contribution in [2.75, 3.05) is 25.4 Å². The molecule has 0 atom stereocenters. The molecule has 1 heterocycles. The van der Waals surface area contributed by atoms with Gasteiger partial charge in [-0.05, 0) is 37.5 Å². The van der Waals surface area contributed by atoms with Crippen LogP contribution in [-0.2, 0) is 4.79 Å². The Hall–Kier alpha value is -2.24. The molecule has 1 aromatic carbocycles. The molecule has 2 amide bonds. The molecular formula is C16H23N3O3. The first-order valence-corrected chi connectivity index (χ1v) is 7.63. The lowest BCUT2D eigenvalue weighted by molar-refractivity contribution is -0.123. The van der Waals surface area contributed by atoms with Crippen LogP contribution in [0, 0.1) is 5.92 Å². The first-order chi connectivity index (χ1) is 10.5. The summed E-state index contributed by atoms with van der Waals surface area (Å²) in [7, 11) is 0. The maximum atomic E-state index is 12.5.